The third-order valence-corrected chi connectivity index (χ3v) is 6.04. The van der Waals surface area contributed by atoms with Gasteiger partial charge in [-0.25, -0.2) is 26.3 Å². The number of halogens is 18. The molecular formula is C21H9F18O6Sb. The van der Waals surface area contributed by atoms with E-state index in [0.717, 1.165) is 0 Å². The summed E-state index contributed by atoms with van der Waals surface area (Å²) in [6.45, 7) is 0. The van der Waals surface area contributed by atoms with E-state index in [1.54, 1.807) is 0 Å². The number of hydrogen-bond acceptors (Lipinski definition) is 6. The Kier molecular flexibility index (Phi) is 11.9. The molecule has 6 unspecified atom stereocenters. The first-order valence-corrected chi connectivity index (χ1v) is 10.7. The molecule has 3 aliphatic carbocycles. The molecule has 46 heavy (non-hydrogen) atoms. The van der Waals surface area contributed by atoms with Crippen LogP contribution in [0.1, 0.15) is 0 Å². The first kappa shape index (κ1) is 43.2. The summed E-state index contributed by atoms with van der Waals surface area (Å²) in [5.74, 6) is -42.5. The number of allylic oxidation sites excluding steroid dienone is 3. The second-order valence-corrected chi connectivity index (χ2v) is 8.87. The van der Waals surface area contributed by atoms with Gasteiger partial charge in [0.05, 0.1) is 17.9 Å². The zero-order valence-corrected chi connectivity index (χ0v) is 23.4. The van der Waals surface area contributed by atoms with E-state index in [4.69, 9.17) is 0 Å². The molecular weight excluding hydrogens is 812 g/mol. The van der Waals surface area contributed by atoms with Gasteiger partial charge < -0.3 is 29.7 Å². The van der Waals surface area contributed by atoms with Gasteiger partial charge in [0, 0.05) is 0 Å². The van der Waals surface area contributed by atoms with Crippen molar-refractivity contribution in [1.82, 2.24) is 0 Å². The van der Waals surface area contributed by atoms with Crippen molar-refractivity contribution in [3.63, 3.8) is 0 Å². The molecule has 0 spiro atoms. The van der Waals surface area contributed by atoms with Gasteiger partial charge in [-0.15, -0.1) is 0 Å². The summed E-state index contributed by atoms with van der Waals surface area (Å²) in [7, 11) is 0. The number of aliphatic carboxylic acids is 3. The van der Waals surface area contributed by atoms with Crippen LogP contribution in [0.4, 0.5) is 79.0 Å². The zero-order valence-electron chi connectivity index (χ0n) is 20.9. The number of carboxylic acid groups (broad SMARTS) is 3. The van der Waals surface area contributed by atoms with Crippen LogP contribution in [0.2, 0.25) is 0 Å². The predicted molar refractivity (Wildman–Crippen MR) is 104 cm³/mol. The molecule has 0 heterocycles. The van der Waals surface area contributed by atoms with Crippen molar-refractivity contribution in [2.75, 3.05) is 0 Å². The Morgan fingerprint density at radius 2 is 0.565 bits per heavy atom. The average Bonchev–Trinajstić information content (AvgIpc) is 2.89. The fourth-order valence-corrected chi connectivity index (χ4v) is 3.16. The van der Waals surface area contributed by atoms with Crippen LogP contribution in [0.5, 0.6) is 0 Å². The summed E-state index contributed by atoms with van der Waals surface area (Å²) in [5.41, 5.74) is -14.1. The van der Waals surface area contributed by atoms with E-state index in [0.29, 0.717) is 0 Å². The topological polar surface area (TPSA) is 120 Å². The van der Waals surface area contributed by atoms with Crippen molar-refractivity contribution in [2.24, 2.45) is 0 Å². The molecule has 3 aliphatic rings. The maximum absolute atomic E-state index is 13.0. The van der Waals surface area contributed by atoms with Crippen molar-refractivity contribution in [1.29, 1.82) is 0 Å². The van der Waals surface area contributed by atoms with Gasteiger partial charge >= 0.3 is 60.0 Å². The van der Waals surface area contributed by atoms with E-state index in [1.807, 2.05) is 0 Å². The fraction of sp³-hybridized carbons (Fsp3) is 0.571. The molecule has 6 atom stereocenters. The third kappa shape index (κ3) is 6.01. The van der Waals surface area contributed by atoms with Crippen molar-refractivity contribution in [3.05, 3.63) is 36.5 Å². The third-order valence-electron chi connectivity index (χ3n) is 6.04. The van der Waals surface area contributed by atoms with E-state index in [9.17, 15) is 109 Å². The molecule has 0 aromatic carbocycles. The minimum absolute atomic E-state index is 0. The number of carboxylic acids is 3. The van der Waals surface area contributed by atoms with E-state index in [-0.39, 0.29) is 42.7 Å². The molecule has 0 saturated carbocycles. The van der Waals surface area contributed by atoms with Gasteiger partial charge in [0.1, 0.15) is 0 Å². The molecule has 260 valence electrons. The van der Waals surface area contributed by atoms with Crippen LogP contribution in [0.3, 0.4) is 0 Å². The number of carbonyl (C=O) groups excluding carboxylic acids is 3. The predicted octanol–water partition coefficient (Wildman–Crippen LogP) is 1.49. The normalized spacial score (nSPS) is 36.8. The second-order valence-electron chi connectivity index (χ2n) is 8.87. The first-order valence-electron chi connectivity index (χ1n) is 10.7. The summed E-state index contributed by atoms with van der Waals surface area (Å²) in [6.07, 6.45) is -12.6. The van der Waals surface area contributed by atoms with Crippen molar-refractivity contribution in [3.8, 4) is 0 Å². The van der Waals surface area contributed by atoms with Crippen LogP contribution in [-0.2, 0) is 14.4 Å². The van der Waals surface area contributed by atoms with E-state index in [1.165, 1.54) is 0 Å². The van der Waals surface area contributed by atoms with Crippen LogP contribution in [0.25, 0.3) is 0 Å². The van der Waals surface area contributed by atoms with Gasteiger partial charge in [-0.05, 0) is 36.5 Å². The zero-order chi connectivity index (χ0) is 36.2. The van der Waals surface area contributed by atoms with Gasteiger partial charge in [-0.3, -0.25) is 0 Å². The molecule has 0 bridgehead atoms. The van der Waals surface area contributed by atoms with Gasteiger partial charge in [0.2, 0.25) is 17.0 Å². The minimum Gasteiger partial charge on any atom is -0.546 e. The Hall–Kier alpha value is -2.81. The molecule has 0 amide bonds. The smallest absolute Gasteiger partial charge is 0.546 e. The fourth-order valence-electron chi connectivity index (χ4n) is 3.16. The molecule has 3 rings (SSSR count). The summed E-state index contributed by atoms with van der Waals surface area (Å²) in [5, 5.41) is 30.0. The molecule has 0 N–H and O–H groups in total. The maximum atomic E-state index is 13.0. The molecule has 6 nitrogen and oxygen atoms in total. The number of alkyl halides is 18. The van der Waals surface area contributed by atoms with Crippen LogP contribution in [-0.4, -0.2) is 113 Å². The molecule has 0 fully saturated rings. The average molecular weight is 821 g/mol. The van der Waals surface area contributed by atoms with Gasteiger partial charge in [0.25, 0.3) is 0 Å². The molecule has 0 aliphatic heterocycles. The van der Waals surface area contributed by atoms with E-state index < -0.39 is 107 Å². The Balaban J connectivity index is 0.000000653. The van der Waals surface area contributed by atoms with Gasteiger partial charge in [-0.1, -0.05) is 0 Å². The van der Waals surface area contributed by atoms with E-state index in [2.05, 4.69) is 0 Å². The van der Waals surface area contributed by atoms with Crippen LogP contribution in [0.15, 0.2) is 36.5 Å². The molecule has 0 aromatic heterocycles. The van der Waals surface area contributed by atoms with Gasteiger partial charge in [0.15, 0.2) is 18.5 Å². The SMILES string of the molecule is O=C([O-])C1(F)C=CC(F)C(F)(F)C1(F)F.O=C([O-])C1(F)C=CC(F)C(F)(F)C1(F)F.O=C([O-])C1(F)C=CC(F)C(F)(F)C1(F)F.[Sb+3]. The maximum Gasteiger partial charge on any atom is 3.00 e. The van der Waals surface area contributed by atoms with E-state index >= 15 is 0 Å². The second kappa shape index (κ2) is 12.7. The summed E-state index contributed by atoms with van der Waals surface area (Å²) >= 11 is 0. The largest absolute Gasteiger partial charge is 3.00 e. The van der Waals surface area contributed by atoms with Crippen LogP contribution in [0, 0.1) is 0 Å². The number of rotatable bonds is 3. The van der Waals surface area contributed by atoms with Crippen molar-refractivity contribution >= 4 is 42.3 Å². The van der Waals surface area contributed by atoms with Crippen LogP contribution >= 0.6 is 0 Å². The molecule has 25 heteroatoms. The molecule has 2 radical (unpaired) electrons. The molecule has 0 saturated heterocycles. The summed E-state index contributed by atoms with van der Waals surface area (Å²) in [6, 6.07) is 0. The number of carbonyl (C=O) groups is 3. The Bertz CT molecular complexity index is 1140. The monoisotopic (exact) mass is 820 g/mol. The Morgan fingerprint density at radius 1 is 0.413 bits per heavy atom. The minimum atomic E-state index is -5.70. The summed E-state index contributed by atoms with van der Waals surface area (Å²) in [4.78, 5) is 30.0. The number of hydrogen-bond donors (Lipinski definition) is 0. The quantitative estimate of drug-likeness (QED) is 0.242. The van der Waals surface area contributed by atoms with Crippen LogP contribution < -0.4 is 15.3 Å². The standard InChI is InChI=1S/3C7H4F6O2.Sb/c3*8-3-1-2-5(9,4(14)15)7(12,13)6(3,10)11;/h3*1-3H,(H,14,15);/q;;;+3/p-3. The summed E-state index contributed by atoms with van der Waals surface area (Å²) < 4.78 is 227. The van der Waals surface area contributed by atoms with Crippen molar-refractivity contribution in [2.45, 2.75) is 71.1 Å². The Labute approximate surface area is 258 Å². The van der Waals surface area contributed by atoms with Gasteiger partial charge in [-0.2, -0.15) is 52.7 Å². The van der Waals surface area contributed by atoms with Crippen molar-refractivity contribution < 1.29 is 109 Å². The Morgan fingerprint density at radius 3 is 0.696 bits per heavy atom. The first-order chi connectivity index (χ1) is 19.7. The molecule has 0 aromatic rings.